The second-order valence-electron chi connectivity index (χ2n) is 12.4. The number of halogens is 2. The highest BCUT2D eigenvalue weighted by atomic mass is 35.5. The molecule has 1 aromatic heterocycles. The topological polar surface area (TPSA) is 161 Å². The van der Waals surface area contributed by atoms with Crippen molar-refractivity contribution in [3.63, 3.8) is 0 Å². The molecule has 0 aliphatic carbocycles. The van der Waals surface area contributed by atoms with Gasteiger partial charge in [-0.1, -0.05) is 55.8 Å². The summed E-state index contributed by atoms with van der Waals surface area (Å²) in [6, 6.07) is 19.2. The molecule has 252 valence electrons. The molecule has 1 amide bonds. The molecule has 12 nitrogen and oxygen atoms in total. The number of carbonyl (C=O) groups is 3. The van der Waals surface area contributed by atoms with Gasteiger partial charge < -0.3 is 10.0 Å². The smallest absolute Gasteiger partial charge is 0.335 e. The zero-order valence-corrected chi connectivity index (χ0v) is 27.4. The van der Waals surface area contributed by atoms with Crippen molar-refractivity contribution >= 4 is 41.0 Å². The van der Waals surface area contributed by atoms with E-state index in [-0.39, 0.29) is 46.3 Å². The molecule has 0 saturated heterocycles. The van der Waals surface area contributed by atoms with Gasteiger partial charge in [-0.15, -0.1) is 5.10 Å². The summed E-state index contributed by atoms with van der Waals surface area (Å²) in [6.07, 6.45) is 3.59. The zero-order valence-electron chi connectivity index (χ0n) is 26.7. The van der Waals surface area contributed by atoms with Gasteiger partial charge in [0.05, 0.1) is 21.2 Å². The molecule has 0 fully saturated rings. The van der Waals surface area contributed by atoms with Gasteiger partial charge in [-0.05, 0) is 80.7 Å². The lowest BCUT2D eigenvalue weighted by molar-refractivity contribution is -0.384. The number of carboxylic acids is 1. The quantitative estimate of drug-likeness (QED) is 0.104. The van der Waals surface area contributed by atoms with Crippen LogP contribution in [-0.4, -0.2) is 59.3 Å². The molecule has 1 atom stereocenters. The number of carboxylic acid groups (broad SMARTS) is 1. The first kappa shape index (κ1) is 33.8. The third-order valence-corrected chi connectivity index (χ3v) is 8.89. The first-order valence-corrected chi connectivity index (χ1v) is 15.7. The van der Waals surface area contributed by atoms with E-state index in [2.05, 4.69) is 15.5 Å². The minimum Gasteiger partial charge on any atom is -0.478 e. The number of non-ortho nitro benzene ring substituents is 1. The lowest BCUT2D eigenvalue weighted by Crippen LogP contribution is -2.50. The number of benzene rings is 4. The largest absolute Gasteiger partial charge is 0.478 e. The number of nitro benzene ring substituents is 1. The van der Waals surface area contributed by atoms with Crippen LogP contribution in [0.5, 0.6) is 0 Å². The van der Waals surface area contributed by atoms with Gasteiger partial charge in [0.25, 0.3) is 5.69 Å². The average Bonchev–Trinajstić information content (AvgIpc) is 3.63. The Hall–Kier alpha value is -6.08. The number of hydrogen-bond acceptors (Lipinski definition) is 8. The lowest BCUT2D eigenvalue weighted by atomic mass is 9.71. The van der Waals surface area contributed by atoms with Gasteiger partial charge in [0, 0.05) is 42.2 Å². The number of aromatic nitrogens is 4. The minimum absolute atomic E-state index is 0.0447. The monoisotopic (exact) mass is 694 g/mol. The van der Waals surface area contributed by atoms with Crippen molar-refractivity contribution in [2.24, 2.45) is 0 Å². The van der Waals surface area contributed by atoms with E-state index >= 15 is 4.39 Å². The van der Waals surface area contributed by atoms with E-state index in [4.69, 9.17) is 11.6 Å². The third-order valence-electron chi connectivity index (χ3n) is 8.60. The second kappa shape index (κ2) is 13.4. The Morgan fingerprint density at radius 1 is 1.06 bits per heavy atom. The molecule has 1 aliphatic rings. The van der Waals surface area contributed by atoms with Gasteiger partial charge in [-0.2, -0.15) is 4.68 Å². The maximum Gasteiger partial charge on any atom is 0.335 e. The van der Waals surface area contributed by atoms with Crippen molar-refractivity contribution in [3.05, 3.63) is 140 Å². The van der Waals surface area contributed by atoms with E-state index in [1.807, 2.05) is 19.9 Å². The molecule has 6 rings (SSSR count). The van der Waals surface area contributed by atoms with Gasteiger partial charge in [0.2, 0.25) is 5.91 Å². The summed E-state index contributed by atoms with van der Waals surface area (Å²) in [5.74, 6) is -2.81. The Morgan fingerprint density at radius 2 is 1.78 bits per heavy atom. The Morgan fingerprint density at radius 3 is 2.42 bits per heavy atom. The minimum atomic E-state index is -1.10. The molecule has 0 bridgehead atoms. The van der Waals surface area contributed by atoms with Crippen LogP contribution < -0.4 is 0 Å². The first-order chi connectivity index (χ1) is 23.9. The molecule has 50 heavy (non-hydrogen) atoms. The maximum atomic E-state index is 15.3. The fraction of sp³-hybridized carbons (Fsp3) is 0.167. The number of ketones is 1. The Balaban J connectivity index is 1.44. The number of fused-ring (bicyclic) bond motifs is 1. The summed E-state index contributed by atoms with van der Waals surface area (Å²) in [6.45, 7) is 3.95. The molecule has 1 N–H and O–H groups in total. The number of nitrogens with zero attached hydrogens (tertiary/aromatic N) is 6. The Bertz CT molecular complexity index is 2170. The number of carbonyl (C=O) groups excluding carboxylic acids is 2. The maximum absolute atomic E-state index is 15.3. The van der Waals surface area contributed by atoms with Crippen LogP contribution in [0.4, 0.5) is 10.1 Å². The predicted molar refractivity (Wildman–Crippen MR) is 181 cm³/mol. The molecule has 5 aromatic rings. The van der Waals surface area contributed by atoms with Gasteiger partial charge >= 0.3 is 5.97 Å². The third kappa shape index (κ3) is 6.50. The fourth-order valence-corrected chi connectivity index (χ4v) is 6.54. The number of hydrogen-bond donors (Lipinski definition) is 1. The van der Waals surface area contributed by atoms with Crippen LogP contribution in [0, 0.1) is 15.9 Å². The highest BCUT2D eigenvalue weighted by Crippen LogP contribution is 2.45. The van der Waals surface area contributed by atoms with Crippen molar-refractivity contribution in [1.29, 1.82) is 0 Å². The highest BCUT2D eigenvalue weighted by Gasteiger charge is 2.43. The van der Waals surface area contributed by atoms with Crippen LogP contribution in [0.15, 0.2) is 91.3 Å². The fourth-order valence-electron chi connectivity index (χ4n) is 6.37. The van der Waals surface area contributed by atoms with Crippen molar-refractivity contribution in [3.8, 4) is 16.8 Å². The van der Waals surface area contributed by atoms with Crippen LogP contribution in [0.25, 0.3) is 22.9 Å². The van der Waals surface area contributed by atoms with Crippen molar-refractivity contribution in [1.82, 2.24) is 25.1 Å². The zero-order chi connectivity index (χ0) is 35.7. The molecular formula is C36H28ClFN6O6. The second-order valence-corrected chi connectivity index (χ2v) is 12.8. The molecule has 0 saturated carbocycles. The van der Waals surface area contributed by atoms with Crippen LogP contribution in [0.1, 0.15) is 52.5 Å². The lowest BCUT2D eigenvalue weighted by Gasteiger charge is -2.45. The van der Waals surface area contributed by atoms with E-state index in [1.165, 1.54) is 64.5 Å². The highest BCUT2D eigenvalue weighted by molar-refractivity contribution is 6.31. The van der Waals surface area contributed by atoms with E-state index in [9.17, 15) is 29.6 Å². The summed E-state index contributed by atoms with van der Waals surface area (Å²) in [4.78, 5) is 52.1. The number of nitro groups is 1. The van der Waals surface area contributed by atoms with Crippen molar-refractivity contribution in [2.45, 2.75) is 31.7 Å². The summed E-state index contributed by atoms with van der Waals surface area (Å²) < 4.78 is 16.6. The van der Waals surface area contributed by atoms with E-state index < -0.39 is 34.1 Å². The number of amides is 1. The van der Waals surface area contributed by atoms with Gasteiger partial charge in [0.1, 0.15) is 12.4 Å². The van der Waals surface area contributed by atoms with Crippen LogP contribution >= 0.6 is 11.6 Å². The molecule has 14 heteroatoms. The van der Waals surface area contributed by atoms with Crippen molar-refractivity contribution < 1.29 is 28.8 Å². The molecule has 1 unspecified atom stereocenters. The Kier molecular flexibility index (Phi) is 9.09. The molecule has 1 aliphatic heterocycles. The van der Waals surface area contributed by atoms with E-state index in [1.54, 1.807) is 36.4 Å². The molecule has 2 heterocycles. The molecular weight excluding hydrogens is 667 g/mol. The molecule has 4 aromatic carbocycles. The van der Waals surface area contributed by atoms with Crippen LogP contribution in [0.3, 0.4) is 0 Å². The van der Waals surface area contributed by atoms with E-state index in [0.29, 0.717) is 16.7 Å². The predicted octanol–water partition coefficient (Wildman–Crippen LogP) is 6.41. The summed E-state index contributed by atoms with van der Waals surface area (Å²) in [5, 5.41) is 31.5. The number of rotatable bonds is 9. The SMILES string of the molecule is CC1(C)CN(C(=O)/C=C/c2c(-n3cnnn3)ccc(Cl)c2F)C(C(=O)Cc2ccc(C(=O)O)cc2)c2cccc(-c3ccc([N+](=O)[O-])cc3)c21. The first-order valence-electron chi connectivity index (χ1n) is 15.3. The number of tetrazole rings is 1. The van der Waals surface area contributed by atoms with Crippen molar-refractivity contribution in [2.75, 3.05) is 6.54 Å². The standard InChI is InChI=1S/C36H28ClFN6O6/c1-36(2)19-42(31(46)17-14-26-29(43-20-39-40-41-43)16-15-28(37)33(26)38)34(30(45)18-21-6-8-23(9-7-21)35(47)48)27-5-3-4-25(32(27)36)22-10-12-24(13-11-22)44(49)50/h3-17,20,34H,18-19H2,1-2H3,(H,47,48)/b17-14+. The summed E-state index contributed by atoms with van der Waals surface area (Å²) in [5.41, 5.74) is 2.81. The number of Topliss-reactive ketones (excluding diaryl/α,β-unsaturated/α-hetero) is 1. The van der Waals surface area contributed by atoms with Gasteiger partial charge in [-0.25, -0.2) is 9.18 Å². The summed E-state index contributed by atoms with van der Waals surface area (Å²) in [7, 11) is 0. The van der Waals surface area contributed by atoms with Crippen LogP contribution in [0.2, 0.25) is 5.02 Å². The molecule has 0 radical (unpaired) electrons. The summed E-state index contributed by atoms with van der Waals surface area (Å²) >= 11 is 6.09. The van der Waals surface area contributed by atoms with Crippen LogP contribution in [-0.2, 0) is 21.4 Å². The Labute approximate surface area is 289 Å². The number of aromatic carboxylic acids is 1. The van der Waals surface area contributed by atoms with E-state index in [0.717, 1.165) is 11.1 Å². The normalized spacial score (nSPS) is 15.1. The van der Waals surface area contributed by atoms with Gasteiger partial charge in [-0.3, -0.25) is 19.7 Å². The molecule has 0 spiro atoms. The average molecular weight is 695 g/mol. The van der Waals surface area contributed by atoms with Gasteiger partial charge in [0.15, 0.2) is 11.6 Å².